The molecule has 0 aliphatic carbocycles. The van der Waals surface area contributed by atoms with Crippen LogP contribution in [0.2, 0.25) is 0 Å². The fourth-order valence-electron chi connectivity index (χ4n) is 2.17. The molecule has 1 aliphatic rings. The number of hydrogen-bond donors (Lipinski definition) is 1. The second kappa shape index (κ2) is 5.35. The van der Waals surface area contributed by atoms with Gasteiger partial charge in [-0.2, -0.15) is 0 Å². The van der Waals surface area contributed by atoms with Crippen LogP contribution in [0, 0.1) is 11.6 Å². The Labute approximate surface area is 115 Å². The summed E-state index contributed by atoms with van der Waals surface area (Å²) >= 11 is 0. The van der Waals surface area contributed by atoms with E-state index in [0.29, 0.717) is 13.1 Å². The molecule has 8 heteroatoms. The van der Waals surface area contributed by atoms with Crippen LogP contribution in [-0.4, -0.2) is 38.1 Å². The van der Waals surface area contributed by atoms with Crippen molar-refractivity contribution in [3.63, 3.8) is 0 Å². The highest BCUT2D eigenvalue weighted by atomic mass is 32.2. The fourth-order valence-corrected chi connectivity index (χ4v) is 3.53. The summed E-state index contributed by atoms with van der Waals surface area (Å²) in [6, 6.07) is 1.44. The van der Waals surface area contributed by atoms with Crippen molar-refractivity contribution >= 4 is 21.4 Å². The smallest absolute Gasteiger partial charge is 0.238 e. The molecule has 0 atom stereocenters. The van der Waals surface area contributed by atoms with E-state index in [2.05, 4.69) is 0 Å². The third-order valence-electron chi connectivity index (χ3n) is 3.10. The Morgan fingerprint density at radius 2 is 1.70 bits per heavy atom. The molecule has 1 heterocycles. The maximum atomic E-state index is 13.6. The van der Waals surface area contributed by atoms with Gasteiger partial charge in [-0.1, -0.05) is 0 Å². The third kappa shape index (κ3) is 2.90. The van der Waals surface area contributed by atoms with Crippen molar-refractivity contribution in [3.05, 3.63) is 23.8 Å². The molecule has 1 saturated heterocycles. The Hall–Kier alpha value is -1.70. The zero-order valence-corrected chi connectivity index (χ0v) is 11.4. The average molecular weight is 304 g/mol. The number of hydrogen-bond acceptors (Lipinski definition) is 4. The Balaban J connectivity index is 2.29. The van der Waals surface area contributed by atoms with Crippen LogP contribution in [-0.2, 0) is 14.6 Å². The Morgan fingerprint density at radius 1 is 1.20 bits per heavy atom. The molecule has 0 unspecified atom stereocenters. The van der Waals surface area contributed by atoms with Crippen LogP contribution in [0.3, 0.4) is 0 Å². The molecule has 1 aliphatic heterocycles. The first kappa shape index (κ1) is 14.7. The fraction of sp³-hybridized carbons (Fsp3) is 0.417. The van der Waals surface area contributed by atoms with Crippen LogP contribution < -0.4 is 5.73 Å². The molecule has 5 nitrogen and oxygen atoms in total. The Morgan fingerprint density at radius 3 is 2.20 bits per heavy atom. The molecule has 1 aromatic rings. The first-order valence-corrected chi connectivity index (χ1v) is 7.71. The average Bonchev–Trinajstić information content (AvgIpc) is 2.78. The minimum absolute atomic E-state index is 0.218. The van der Waals surface area contributed by atoms with E-state index < -0.39 is 38.0 Å². The minimum atomic E-state index is -4.37. The molecule has 0 aromatic heterocycles. The number of halogens is 2. The number of nitrogens with zero attached hydrogens (tertiary/aromatic N) is 1. The lowest BCUT2D eigenvalue weighted by molar-refractivity contribution is -0.127. The third-order valence-corrected chi connectivity index (χ3v) is 4.74. The van der Waals surface area contributed by atoms with E-state index in [0.717, 1.165) is 25.0 Å². The highest BCUT2D eigenvalue weighted by Crippen LogP contribution is 2.23. The lowest BCUT2D eigenvalue weighted by Gasteiger charge is -2.15. The number of carbonyl (C=O) groups excluding carboxylic acids is 1. The summed E-state index contributed by atoms with van der Waals surface area (Å²) in [5, 5.41) is 0. The van der Waals surface area contributed by atoms with Gasteiger partial charge in [0.05, 0.1) is 0 Å². The van der Waals surface area contributed by atoms with Gasteiger partial charge >= 0.3 is 0 Å². The normalized spacial score (nSPS) is 15.6. The summed E-state index contributed by atoms with van der Waals surface area (Å²) in [4.78, 5) is 12.1. The number of nitrogens with two attached hydrogens (primary N) is 1. The maximum absolute atomic E-state index is 13.6. The lowest BCUT2D eigenvalue weighted by atomic mass is 10.3. The number of benzene rings is 1. The molecule has 1 fully saturated rings. The molecule has 2 N–H and O–H groups in total. The number of nitrogen functional groups attached to an aromatic ring is 1. The van der Waals surface area contributed by atoms with Crippen LogP contribution in [0.1, 0.15) is 12.8 Å². The highest BCUT2D eigenvalue weighted by Gasteiger charge is 2.30. The van der Waals surface area contributed by atoms with Crippen molar-refractivity contribution in [2.45, 2.75) is 17.7 Å². The number of carbonyl (C=O) groups is 1. The first-order chi connectivity index (χ1) is 9.31. The van der Waals surface area contributed by atoms with Crippen molar-refractivity contribution in [2.75, 3.05) is 24.6 Å². The summed E-state index contributed by atoms with van der Waals surface area (Å²) in [7, 11) is -4.37. The SMILES string of the molecule is Nc1cc(F)c(S(=O)(=O)CC(=O)N2CCCC2)c(F)c1. The second-order valence-corrected chi connectivity index (χ2v) is 6.59. The number of rotatable bonds is 3. The summed E-state index contributed by atoms with van der Waals surface area (Å²) in [5.41, 5.74) is 5.00. The first-order valence-electron chi connectivity index (χ1n) is 6.06. The van der Waals surface area contributed by atoms with E-state index in [1.165, 1.54) is 4.90 Å². The van der Waals surface area contributed by atoms with E-state index >= 15 is 0 Å². The van der Waals surface area contributed by atoms with E-state index in [-0.39, 0.29) is 5.69 Å². The molecule has 0 radical (unpaired) electrons. The maximum Gasteiger partial charge on any atom is 0.238 e. The van der Waals surface area contributed by atoms with Gasteiger partial charge in [-0.3, -0.25) is 4.79 Å². The molecule has 20 heavy (non-hydrogen) atoms. The number of anilines is 1. The topological polar surface area (TPSA) is 80.5 Å². The molecule has 0 bridgehead atoms. The van der Waals surface area contributed by atoms with E-state index in [4.69, 9.17) is 5.73 Å². The molecule has 1 aromatic carbocycles. The molecule has 2 rings (SSSR count). The summed E-state index contributed by atoms with van der Waals surface area (Å²) < 4.78 is 51.2. The van der Waals surface area contributed by atoms with Crippen LogP contribution in [0.4, 0.5) is 14.5 Å². The van der Waals surface area contributed by atoms with Crippen LogP contribution in [0.5, 0.6) is 0 Å². The largest absolute Gasteiger partial charge is 0.399 e. The molecule has 110 valence electrons. The predicted molar refractivity (Wildman–Crippen MR) is 68.6 cm³/mol. The van der Waals surface area contributed by atoms with Crippen molar-refractivity contribution in [1.29, 1.82) is 0 Å². The van der Waals surface area contributed by atoms with Gasteiger partial charge in [0.15, 0.2) is 9.84 Å². The minimum Gasteiger partial charge on any atom is -0.399 e. The van der Waals surface area contributed by atoms with Gasteiger partial charge in [0.1, 0.15) is 22.3 Å². The Kier molecular flexibility index (Phi) is 3.94. The number of sulfone groups is 1. The van der Waals surface area contributed by atoms with Gasteiger partial charge in [-0.05, 0) is 25.0 Å². The van der Waals surface area contributed by atoms with E-state index in [1.807, 2.05) is 0 Å². The van der Waals surface area contributed by atoms with Gasteiger partial charge in [0.25, 0.3) is 0 Å². The zero-order valence-electron chi connectivity index (χ0n) is 10.6. The van der Waals surface area contributed by atoms with Crippen LogP contribution >= 0.6 is 0 Å². The number of amides is 1. The van der Waals surface area contributed by atoms with Crippen LogP contribution in [0.25, 0.3) is 0 Å². The van der Waals surface area contributed by atoms with Crippen molar-refractivity contribution in [1.82, 2.24) is 4.90 Å². The summed E-state index contributed by atoms with van der Waals surface area (Å²) in [6.07, 6.45) is 1.60. The summed E-state index contributed by atoms with van der Waals surface area (Å²) in [6.45, 7) is 0.947. The van der Waals surface area contributed by atoms with Crippen molar-refractivity contribution in [3.8, 4) is 0 Å². The molecular formula is C12H14F2N2O3S. The highest BCUT2D eigenvalue weighted by molar-refractivity contribution is 7.92. The monoisotopic (exact) mass is 304 g/mol. The van der Waals surface area contributed by atoms with Gasteiger partial charge in [0, 0.05) is 18.8 Å². The van der Waals surface area contributed by atoms with Crippen molar-refractivity contribution in [2.24, 2.45) is 0 Å². The second-order valence-electron chi connectivity index (χ2n) is 4.66. The Bertz CT molecular complexity index is 617. The predicted octanol–water partition coefficient (Wildman–Crippen LogP) is 0.943. The van der Waals surface area contributed by atoms with Crippen LogP contribution in [0.15, 0.2) is 17.0 Å². The van der Waals surface area contributed by atoms with E-state index in [9.17, 15) is 22.0 Å². The molecule has 0 spiro atoms. The quantitative estimate of drug-likeness (QED) is 0.843. The number of likely N-dealkylation sites (tertiary alicyclic amines) is 1. The molecular weight excluding hydrogens is 290 g/mol. The van der Waals surface area contributed by atoms with Gasteiger partial charge in [-0.15, -0.1) is 0 Å². The zero-order chi connectivity index (χ0) is 14.9. The summed E-state index contributed by atoms with van der Waals surface area (Å²) in [5.74, 6) is -4.14. The van der Waals surface area contributed by atoms with Crippen molar-refractivity contribution < 1.29 is 22.0 Å². The lowest BCUT2D eigenvalue weighted by Crippen LogP contribution is -2.33. The standard InChI is InChI=1S/C12H14F2N2O3S/c13-9-5-8(15)6-10(14)12(9)20(18,19)7-11(17)16-3-1-2-4-16/h5-6H,1-4,7,15H2. The van der Waals surface area contributed by atoms with E-state index in [1.54, 1.807) is 0 Å². The molecule has 0 saturated carbocycles. The molecule has 1 amide bonds. The van der Waals surface area contributed by atoms with Gasteiger partial charge in [-0.25, -0.2) is 17.2 Å². The van der Waals surface area contributed by atoms with Gasteiger partial charge in [0.2, 0.25) is 5.91 Å². The van der Waals surface area contributed by atoms with Gasteiger partial charge < -0.3 is 10.6 Å².